The summed E-state index contributed by atoms with van der Waals surface area (Å²) in [6.07, 6.45) is 0. The van der Waals surface area contributed by atoms with Crippen LogP contribution < -0.4 is 19.1 Å². The molecule has 0 bridgehead atoms. The number of nitrogens with zero attached hydrogens (tertiary/aromatic N) is 2. The molecular weight excluding hydrogens is 328 g/mol. The topological polar surface area (TPSA) is 85.4 Å². The molecule has 1 heterocycles. The van der Waals surface area contributed by atoms with Crippen LogP contribution in [0.15, 0.2) is 6.07 Å². The molecule has 8 heteroatoms. The molecule has 2 rings (SSSR count). The Morgan fingerprint density at radius 2 is 1.64 bits per heavy atom. The van der Waals surface area contributed by atoms with E-state index in [0.29, 0.717) is 18.8 Å². The number of Topliss-reactive ketones (excluding diaryl/α,β-unsaturated/α-hetero) is 1. The van der Waals surface area contributed by atoms with Crippen LogP contribution in [-0.4, -0.2) is 63.5 Å². The Balaban J connectivity index is 2.54. The first-order chi connectivity index (χ1) is 11.9. The molecule has 0 radical (unpaired) electrons. The van der Waals surface area contributed by atoms with Crippen LogP contribution in [0.2, 0.25) is 0 Å². The zero-order valence-corrected chi connectivity index (χ0v) is 15.0. The fourth-order valence-electron chi connectivity index (χ4n) is 2.88. The van der Waals surface area contributed by atoms with E-state index in [1.54, 1.807) is 4.90 Å². The van der Waals surface area contributed by atoms with Gasteiger partial charge in [-0.05, 0) is 13.8 Å². The average molecular weight is 350 g/mol. The van der Waals surface area contributed by atoms with Crippen LogP contribution in [-0.2, 0) is 9.59 Å². The van der Waals surface area contributed by atoms with Gasteiger partial charge in [0.25, 0.3) is 11.7 Å². The van der Waals surface area contributed by atoms with E-state index in [4.69, 9.17) is 14.2 Å². The maximum absolute atomic E-state index is 12.5. The number of benzene rings is 1. The lowest BCUT2D eigenvalue weighted by Crippen LogP contribution is -2.42. The Hall–Kier alpha value is -2.77. The molecule has 8 nitrogen and oxygen atoms in total. The highest BCUT2D eigenvalue weighted by molar-refractivity contribution is 6.53. The smallest absolute Gasteiger partial charge is 0.300 e. The van der Waals surface area contributed by atoms with Gasteiger partial charge in [0.15, 0.2) is 11.5 Å². The molecule has 1 aliphatic heterocycles. The molecular formula is C17H22N2O6. The van der Waals surface area contributed by atoms with Gasteiger partial charge in [0, 0.05) is 19.2 Å². The number of ketones is 1. The predicted molar refractivity (Wildman–Crippen MR) is 90.7 cm³/mol. The van der Waals surface area contributed by atoms with Gasteiger partial charge in [-0.25, -0.2) is 0 Å². The molecule has 0 unspecified atom stereocenters. The highest BCUT2D eigenvalue weighted by Gasteiger charge is 2.42. The Morgan fingerprint density at radius 1 is 1.04 bits per heavy atom. The van der Waals surface area contributed by atoms with Gasteiger partial charge in [-0.1, -0.05) is 0 Å². The Labute approximate surface area is 146 Å². The molecule has 0 saturated heterocycles. The standard InChI is InChI=1S/C17H22N2O6/c1-6-18(7-2)12(20)9-19-10-8-11(23-3)15(24-4)16(25-5)13(10)14(21)17(19)22/h8H,6-7,9H2,1-5H3. The second-order valence-electron chi connectivity index (χ2n) is 5.33. The monoisotopic (exact) mass is 350 g/mol. The van der Waals surface area contributed by atoms with Crippen molar-refractivity contribution in [1.82, 2.24) is 4.90 Å². The van der Waals surface area contributed by atoms with Crippen molar-refractivity contribution < 1.29 is 28.6 Å². The summed E-state index contributed by atoms with van der Waals surface area (Å²) in [7, 11) is 4.22. The molecule has 1 aliphatic rings. The zero-order chi connectivity index (χ0) is 18.7. The molecule has 2 amide bonds. The molecule has 0 atom stereocenters. The van der Waals surface area contributed by atoms with E-state index in [-0.39, 0.29) is 35.2 Å². The summed E-state index contributed by atoms with van der Waals surface area (Å²) >= 11 is 0. The lowest BCUT2D eigenvalue weighted by molar-refractivity contribution is -0.130. The largest absolute Gasteiger partial charge is 0.493 e. The summed E-state index contributed by atoms with van der Waals surface area (Å²) in [6, 6.07) is 1.51. The summed E-state index contributed by atoms with van der Waals surface area (Å²) in [5, 5.41) is 0. The fourth-order valence-corrected chi connectivity index (χ4v) is 2.88. The summed E-state index contributed by atoms with van der Waals surface area (Å²) in [5.74, 6) is -1.10. The van der Waals surface area contributed by atoms with Crippen molar-refractivity contribution in [3.8, 4) is 17.2 Å². The number of ether oxygens (including phenoxy) is 3. The summed E-state index contributed by atoms with van der Waals surface area (Å²) in [6.45, 7) is 4.52. The minimum Gasteiger partial charge on any atom is -0.493 e. The number of likely N-dealkylation sites (N-methyl/N-ethyl adjacent to an activating group) is 1. The lowest BCUT2D eigenvalue weighted by atomic mass is 10.1. The van der Waals surface area contributed by atoms with E-state index < -0.39 is 11.7 Å². The van der Waals surface area contributed by atoms with Gasteiger partial charge in [0.2, 0.25) is 11.7 Å². The first-order valence-electron chi connectivity index (χ1n) is 7.91. The minimum absolute atomic E-state index is 0.0810. The molecule has 1 aromatic rings. The molecule has 0 N–H and O–H groups in total. The third kappa shape index (κ3) is 2.99. The SMILES string of the molecule is CCN(CC)C(=O)CN1C(=O)C(=O)c2c1cc(OC)c(OC)c2OC. The van der Waals surface area contributed by atoms with E-state index in [1.165, 1.54) is 27.4 Å². The van der Waals surface area contributed by atoms with Gasteiger partial charge in [0.05, 0.1) is 32.6 Å². The van der Waals surface area contributed by atoms with Crippen LogP contribution in [0.3, 0.4) is 0 Å². The number of carbonyl (C=O) groups is 3. The average Bonchev–Trinajstić information content (AvgIpc) is 2.85. The highest BCUT2D eigenvalue weighted by Crippen LogP contribution is 2.47. The van der Waals surface area contributed by atoms with Crippen molar-refractivity contribution >= 4 is 23.3 Å². The molecule has 136 valence electrons. The number of amides is 2. The third-order valence-electron chi connectivity index (χ3n) is 4.18. The van der Waals surface area contributed by atoms with Crippen molar-refractivity contribution in [2.45, 2.75) is 13.8 Å². The van der Waals surface area contributed by atoms with Gasteiger partial charge >= 0.3 is 0 Å². The van der Waals surface area contributed by atoms with Crippen molar-refractivity contribution in [2.75, 3.05) is 45.9 Å². The highest BCUT2D eigenvalue weighted by atomic mass is 16.5. The van der Waals surface area contributed by atoms with Crippen LogP contribution in [0.4, 0.5) is 5.69 Å². The van der Waals surface area contributed by atoms with E-state index in [9.17, 15) is 14.4 Å². The molecule has 25 heavy (non-hydrogen) atoms. The summed E-state index contributed by atoms with van der Waals surface area (Å²) < 4.78 is 15.8. The summed E-state index contributed by atoms with van der Waals surface area (Å²) in [5.41, 5.74) is 0.363. The Kier molecular flexibility index (Phi) is 5.51. The van der Waals surface area contributed by atoms with E-state index in [2.05, 4.69) is 0 Å². The number of rotatable bonds is 7. The Morgan fingerprint density at radius 3 is 2.12 bits per heavy atom. The number of fused-ring (bicyclic) bond motifs is 1. The second-order valence-corrected chi connectivity index (χ2v) is 5.33. The molecule has 0 aliphatic carbocycles. The van der Waals surface area contributed by atoms with Crippen LogP contribution in [0.5, 0.6) is 17.2 Å². The normalized spacial score (nSPS) is 12.9. The van der Waals surface area contributed by atoms with Crippen LogP contribution >= 0.6 is 0 Å². The van der Waals surface area contributed by atoms with Gasteiger partial charge in [-0.2, -0.15) is 0 Å². The molecule has 0 spiro atoms. The maximum Gasteiger partial charge on any atom is 0.300 e. The number of methoxy groups -OCH3 is 3. The van der Waals surface area contributed by atoms with Crippen molar-refractivity contribution in [3.63, 3.8) is 0 Å². The third-order valence-corrected chi connectivity index (χ3v) is 4.18. The summed E-state index contributed by atoms with van der Waals surface area (Å²) in [4.78, 5) is 40.0. The number of hydrogen-bond donors (Lipinski definition) is 0. The van der Waals surface area contributed by atoms with Crippen LogP contribution in [0.1, 0.15) is 24.2 Å². The maximum atomic E-state index is 12.5. The molecule has 0 fully saturated rings. The first-order valence-corrected chi connectivity index (χ1v) is 7.91. The quantitative estimate of drug-likeness (QED) is 0.685. The van der Waals surface area contributed by atoms with E-state index >= 15 is 0 Å². The van der Waals surface area contributed by atoms with Gasteiger partial charge in [-0.15, -0.1) is 0 Å². The van der Waals surface area contributed by atoms with E-state index in [1.807, 2.05) is 13.8 Å². The van der Waals surface area contributed by atoms with Gasteiger partial charge < -0.3 is 19.1 Å². The predicted octanol–water partition coefficient (Wildman–Crippen LogP) is 1.11. The zero-order valence-electron chi connectivity index (χ0n) is 15.0. The van der Waals surface area contributed by atoms with Crippen molar-refractivity contribution in [1.29, 1.82) is 0 Å². The van der Waals surface area contributed by atoms with E-state index in [0.717, 1.165) is 4.90 Å². The molecule has 0 saturated carbocycles. The van der Waals surface area contributed by atoms with Gasteiger partial charge in [-0.3, -0.25) is 19.3 Å². The van der Waals surface area contributed by atoms with Crippen LogP contribution in [0.25, 0.3) is 0 Å². The number of anilines is 1. The molecule has 0 aromatic heterocycles. The van der Waals surface area contributed by atoms with Crippen molar-refractivity contribution in [3.05, 3.63) is 11.6 Å². The Bertz CT molecular complexity index is 712. The number of carbonyl (C=O) groups excluding carboxylic acids is 3. The first kappa shape index (κ1) is 18.6. The van der Waals surface area contributed by atoms with Crippen LogP contribution in [0, 0.1) is 0 Å². The molecule has 1 aromatic carbocycles. The van der Waals surface area contributed by atoms with Gasteiger partial charge in [0.1, 0.15) is 6.54 Å². The fraction of sp³-hybridized carbons (Fsp3) is 0.471. The lowest BCUT2D eigenvalue weighted by Gasteiger charge is -2.23. The number of hydrogen-bond acceptors (Lipinski definition) is 6. The minimum atomic E-state index is -0.774. The second kappa shape index (κ2) is 7.42. The van der Waals surface area contributed by atoms with Crippen molar-refractivity contribution in [2.24, 2.45) is 0 Å².